The molecule has 0 amide bonds. The lowest BCUT2D eigenvalue weighted by Gasteiger charge is -2.05. The van der Waals surface area contributed by atoms with Gasteiger partial charge in [-0.3, -0.25) is 4.99 Å². The summed E-state index contributed by atoms with van der Waals surface area (Å²) in [6.45, 7) is 5.78. The van der Waals surface area contributed by atoms with Crippen molar-refractivity contribution in [2.45, 2.75) is 26.7 Å². The Hall–Kier alpha value is -1.97. The number of nitrogens with zero attached hydrogens (tertiary/aromatic N) is 1. The van der Waals surface area contributed by atoms with Gasteiger partial charge in [-0.1, -0.05) is 19.1 Å². The first-order valence-corrected chi connectivity index (χ1v) is 6.81. The number of hydrogen-bond acceptors (Lipinski definition) is 1. The van der Waals surface area contributed by atoms with E-state index < -0.39 is 0 Å². The largest absolute Gasteiger partial charge is 0.370 e. The molecule has 4 nitrogen and oxygen atoms in total. The molecule has 1 aromatic carbocycles. The van der Waals surface area contributed by atoms with Crippen molar-refractivity contribution in [1.82, 2.24) is 10.3 Å². The minimum Gasteiger partial charge on any atom is -0.370 e. The number of H-pyrrole nitrogens is 1. The van der Waals surface area contributed by atoms with Gasteiger partial charge < -0.3 is 16.0 Å². The zero-order valence-electron chi connectivity index (χ0n) is 11.7. The van der Waals surface area contributed by atoms with Gasteiger partial charge in [0.05, 0.1) is 0 Å². The molecule has 0 saturated carbocycles. The van der Waals surface area contributed by atoms with Crippen molar-refractivity contribution in [3.05, 3.63) is 35.5 Å². The Bertz CT molecular complexity index is 569. The van der Waals surface area contributed by atoms with Crippen LogP contribution in [-0.4, -0.2) is 24.0 Å². The van der Waals surface area contributed by atoms with Crippen LogP contribution < -0.4 is 11.1 Å². The fraction of sp³-hybridized carbons (Fsp3) is 0.400. The van der Waals surface area contributed by atoms with Gasteiger partial charge in [-0.25, -0.2) is 0 Å². The van der Waals surface area contributed by atoms with E-state index in [0.717, 1.165) is 25.9 Å². The Labute approximate surface area is 114 Å². The van der Waals surface area contributed by atoms with Crippen LogP contribution in [0.25, 0.3) is 10.9 Å². The van der Waals surface area contributed by atoms with Gasteiger partial charge in [0.1, 0.15) is 0 Å². The highest BCUT2D eigenvalue weighted by molar-refractivity contribution is 5.84. The summed E-state index contributed by atoms with van der Waals surface area (Å²) in [4.78, 5) is 7.52. The normalized spacial score (nSPS) is 12.0. The molecule has 1 heterocycles. The van der Waals surface area contributed by atoms with Gasteiger partial charge in [0, 0.05) is 30.2 Å². The third-order valence-electron chi connectivity index (χ3n) is 3.13. The highest BCUT2D eigenvalue weighted by Gasteiger charge is 2.03. The van der Waals surface area contributed by atoms with Crippen LogP contribution in [0.15, 0.2) is 29.4 Å². The topological polar surface area (TPSA) is 66.2 Å². The van der Waals surface area contributed by atoms with Crippen LogP contribution in [0, 0.1) is 6.92 Å². The molecule has 0 saturated heterocycles. The van der Waals surface area contributed by atoms with Crippen LogP contribution in [0.5, 0.6) is 0 Å². The van der Waals surface area contributed by atoms with Gasteiger partial charge in [-0.15, -0.1) is 0 Å². The Morgan fingerprint density at radius 2 is 2.26 bits per heavy atom. The van der Waals surface area contributed by atoms with Crippen LogP contribution in [0.1, 0.15) is 24.5 Å². The SMILES string of the molecule is CCCN=C(N)NCCc1c[nH]c2cc(C)ccc12. The van der Waals surface area contributed by atoms with Crippen molar-refractivity contribution in [2.75, 3.05) is 13.1 Å². The summed E-state index contributed by atoms with van der Waals surface area (Å²) in [5.41, 5.74) is 9.54. The van der Waals surface area contributed by atoms with E-state index in [1.165, 1.54) is 22.0 Å². The molecule has 0 aliphatic carbocycles. The third kappa shape index (κ3) is 3.50. The molecule has 0 radical (unpaired) electrons. The molecule has 0 aliphatic rings. The van der Waals surface area contributed by atoms with Crippen molar-refractivity contribution in [3.8, 4) is 0 Å². The molecule has 2 aromatic rings. The molecule has 2 rings (SSSR count). The van der Waals surface area contributed by atoms with Gasteiger partial charge in [-0.2, -0.15) is 0 Å². The molecule has 19 heavy (non-hydrogen) atoms. The Morgan fingerprint density at radius 3 is 3.05 bits per heavy atom. The first-order chi connectivity index (χ1) is 9.20. The number of aliphatic imine (C=N–C) groups is 1. The van der Waals surface area contributed by atoms with Crippen molar-refractivity contribution in [1.29, 1.82) is 0 Å². The number of aryl methyl sites for hydroxylation is 1. The fourth-order valence-electron chi connectivity index (χ4n) is 2.12. The number of hydrogen-bond donors (Lipinski definition) is 3. The van der Waals surface area contributed by atoms with Gasteiger partial charge >= 0.3 is 0 Å². The van der Waals surface area contributed by atoms with Crippen LogP contribution in [0.2, 0.25) is 0 Å². The third-order valence-corrected chi connectivity index (χ3v) is 3.13. The summed E-state index contributed by atoms with van der Waals surface area (Å²) in [5.74, 6) is 0.539. The molecular weight excluding hydrogens is 236 g/mol. The van der Waals surface area contributed by atoms with Gasteiger partial charge in [0.15, 0.2) is 5.96 Å². The van der Waals surface area contributed by atoms with Crippen molar-refractivity contribution in [3.63, 3.8) is 0 Å². The smallest absolute Gasteiger partial charge is 0.188 e. The van der Waals surface area contributed by atoms with Crippen LogP contribution in [-0.2, 0) is 6.42 Å². The second-order valence-electron chi connectivity index (χ2n) is 4.81. The lowest BCUT2D eigenvalue weighted by molar-refractivity contribution is 0.842. The average molecular weight is 258 g/mol. The standard InChI is InChI=1S/C15H22N4/c1-3-7-17-15(16)18-8-6-12-10-19-14-9-11(2)4-5-13(12)14/h4-5,9-10,19H,3,6-8H2,1-2H3,(H3,16,17,18). The molecule has 0 bridgehead atoms. The van der Waals surface area contributed by atoms with Crippen molar-refractivity contribution in [2.24, 2.45) is 10.7 Å². The summed E-state index contributed by atoms with van der Waals surface area (Å²) >= 11 is 0. The summed E-state index contributed by atoms with van der Waals surface area (Å²) < 4.78 is 0. The van der Waals surface area contributed by atoms with Gasteiger partial charge in [-0.05, 0) is 37.0 Å². The number of aromatic nitrogens is 1. The van der Waals surface area contributed by atoms with Crippen LogP contribution in [0.3, 0.4) is 0 Å². The van der Waals surface area contributed by atoms with Crippen molar-refractivity contribution >= 4 is 16.9 Å². The maximum atomic E-state index is 5.76. The van der Waals surface area contributed by atoms with E-state index in [-0.39, 0.29) is 0 Å². The lowest BCUT2D eigenvalue weighted by Crippen LogP contribution is -2.33. The van der Waals surface area contributed by atoms with E-state index in [4.69, 9.17) is 5.73 Å². The minimum absolute atomic E-state index is 0.539. The molecule has 4 heteroatoms. The maximum Gasteiger partial charge on any atom is 0.188 e. The summed E-state index contributed by atoms with van der Waals surface area (Å²) in [6.07, 6.45) is 4.03. The van der Waals surface area contributed by atoms with E-state index in [9.17, 15) is 0 Å². The highest BCUT2D eigenvalue weighted by Crippen LogP contribution is 2.19. The van der Waals surface area contributed by atoms with E-state index in [2.05, 4.69) is 53.5 Å². The van der Waals surface area contributed by atoms with E-state index in [1.54, 1.807) is 0 Å². The summed E-state index contributed by atoms with van der Waals surface area (Å²) in [6, 6.07) is 6.48. The molecule has 4 N–H and O–H groups in total. The molecule has 1 aromatic heterocycles. The van der Waals surface area contributed by atoms with E-state index >= 15 is 0 Å². The molecule has 0 aliphatic heterocycles. The number of nitrogens with two attached hydrogens (primary N) is 1. The van der Waals surface area contributed by atoms with E-state index in [0.29, 0.717) is 5.96 Å². The number of fused-ring (bicyclic) bond motifs is 1. The zero-order valence-corrected chi connectivity index (χ0v) is 11.7. The quantitative estimate of drug-likeness (QED) is 0.569. The van der Waals surface area contributed by atoms with Crippen LogP contribution in [0.4, 0.5) is 0 Å². The van der Waals surface area contributed by atoms with Gasteiger partial charge in [0.25, 0.3) is 0 Å². The molecule has 0 unspecified atom stereocenters. The van der Waals surface area contributed by atoms with Gasteiger partial charge in [0.2, 0.25) is 0 Å². The molecule has 0 spiro atoms. The highest BCUT2D eigenvalue weighted by atomic mass is 15.1. The number of guanidine groups is 1. The lowest BCUT2D eigenvalue weighted by atomic mass is 10.1. The number of rotatable bonds is 5. The molecule has 102 valence electrons. The molecule has 0 fully saturated rings. The van der Waals surface area contributed by atoms with Crippen LogP contribution >= 0.6 is 0 Å². The molecule has 0 atom stereocenters. The monoisotopic (exact) mass is 258 g/mol. The first kappa shape index (κ1) is 13.5. The molecular formula is C15H22N4. The Kier molecular flexibility index (Phi) is 4.44. The predicted molar refractivity (Wildman–Crippen MR) is 81.5 cm³/mol. The van der Waals surface area contributed by atoms with Crippen molar-refractivity contribution < 1.29 is 0 Å². The predicted octanol–water partition coefficient (Wildman–Crippen LogP) is 2.33. The number of nitrogens with one attached hydrogen (secondary N) is 2. The zero-order chi connectivity index (χ0) is 13.7. The first-order valence-electron chi connectivity index (χ1n) is 6.81. The Morgan fingerprint density at radius 1 is 1.42 bits per heavy atom. The Balaban J connectivity index is 1.95. The second kappa shape index (κ2) is 6.27. The van der Waals surface area contributed by atoms with E-state index in [1.807, 2.05) is 0 Å². The average Bonchev–Trinajstić information content (AvgIpc) is 2.79. The second-order valence-corrected chi connectivity index (χ2v) is 4.81. The summed E-state index contributed by atoms with van der Waals surface area (Å²) in [7, 11) is 0. The minimum atomic E-state index is 0.539. The number of aromatic amines is 1. The summed E-state index contributed by atoms with van der Waals surface area (Å²) in [5, 5.41) is 4.43. The number of benzene rings is 1. The maximum absolute atomic E-state index is 5.76. The fourth-order valence-corrected chi connectivity index (χ4v) is 2.12.